The minimum atomic E-state index is 0.276. The molecule has 0 saturated heterocycles. The number of imidazole rings is 1. The molecule has 2 heterocycles. The fourth-order valence-corrected chi connectivity index (χ4v) is 1.92. The van der Waals surface area contributed by atoms with Gasteiger partial charge in [-0.05, 0) is 12.5 Å². The second-order valence-corrected chi connectivity index (χ2v) is 4.58. The lowest BCUT2D eigenvalue weighted by Crippen LogP contribution is -2.08. The Kier molecular flexibility index (Phi) is 4.28. The van der Waals surface area contributed by atoms with E-state index in [1.165, 1.54) is 0 Å². The molecule has 0 aromatic carbocycles. The van der Waals surface area contributed by atoms with Crippen molar-refractivity contribution >= 4 is 34.8 Å². The van der Waals surface area contributed by atoms with E-state index in [-0.39, 0.29) is 5.82 Å². The molecular formula is C11H13Cl2N5. The van der Waals surface area contributed by atoms with Crippen LogP contribution in [-0.2, 0) is 6.54 Å². The van der Waals surface area contributed by atoms with Crippen LogP contribution in [0.25, 0.3) is 0 Å². The molecule has 0 aliphatic rings. The lowest BCUT2D eigenvalue weighted by molar-refractivity contribution is 0.660. The molecule has 0 aliphatic carbocycles. The van der Waals surface area contributed by atoms with Crippen molar-refractivity contribution in [2.75, 3.05) is 17.6 Å². The van der Waals surface area contributed by atoms with Crippen LogP contribution in [0.15, 0.2) is 24.8 Å². The molecule has 7 heteroatoms. The molecule has 0 radical (unpaired) electrons. The first-order chi connectivity index (χ1) is 8.66. The highest BCUT2D eigenvalue weighted by Gasteiger charge is 2.06. The number of nitrogens with two attached hydrogens (primary N) is 1. The van der Waals surface area contributed by atoms with Crippen LogP contribution in [0.4, 0.5) is 11.6 Å². The Balaban J connectivity index is 1.85. The fourth-order valence-electron chi connectivity index (χ4n) is 1.49. The molecule has 96 valence electrons. The molecule has 2 rings (SSSR count). The van der Waals surface area contributed by atoms with E-state index in [2.05, 4.69) is 15.3 Å². The van der Waals surface area contributed by atoms with Crippen molar-refractivity contribution in [3.8, 4) is 0 Å². The molecule has 0 spiro atoms. The van der Waals surface area contributed by atoms with E-state index in [0.717, 1.165) is 19.5 Å². The van der Waals surface area contributed by atoms with E-state index < -0.39 is 0 Å². The van der Waals surface area contributed by atoms with Crippen LogP contribution in [0.1, 0.15) is 6.42 Å². The maximum Gasteiger partial charge on any atom is 0.147 e. The Morgan fingerprint density at radius 1 is 1.33 bits per heavy atom. The van der Waals surface area contributed by atoms with Crippen molar-refractivity contribution in [2.24, 2.45) is 0 Å². The fraction of sp³-hybridized carbons (Fsp3) is 0.273. The Hall–Kier alpha value is -1.46. The second-order valence-electron chi connectivity index (χ2n) is 3.77. The molecule has 3 N–H and O–H groups in total. The number of halogens is 2. The van der Waals surface area contributed by atoms with E-state index in [0.29, 0.717) is 15.9 Å². The van der Waals surface area contributed by atoms with Gasteiger partial charge in [-0.15, -0.1) is 0 Å². The normalized spacial score (nSPS) is 10.6. The topological polar surface area (TPSA) is 68.8 Å². The van der Waals surface area contributed by atoms with Gasteiger partial charge in [-0.3, -0.25) is 0 Å². The standard InChI is InChI=1S/C11H13Cl2N5/c12-8-6-9(13)11(17-10(8)14)16-2-1-4-18-5-3-15-7-18/h3,5-7H,1-2,4H2,(H3,14,16,17). The summed E-state index contributed by atoms with van der Waals surface area (Å²) in [6, 6.07) is 1.59. The van der Waals surface area contributed by atoms with Crippen molar-refractivity contribution in [1.82, 2.24) is 14.5 Å². The lowest BCUT2D eigenvalue weighted by atomic mass is 10.4. The number of rotatable bonds is 5. The van der Waals surface area contributed by atoms with Crippen LogP contribution in [0.3, 0.4) is 0 Å². The lowest BCUT2D eigenvalue weighted by Gasteiger charge is -2.09. The number of nitrogens with zero attached hydrogens (tertiary/aromatic N) is 3. The van der Waals surface area contributed by atoms with Crippen molar-refractivity contribution in [2.45, 2.75) is 13.0 Å². The number of aromatic nitrogens is 3. The number of nitrogens with one attached hydrogen (secondary N) is 1. The minimum absolute atomic E-state index is 0.276. The van der Waals surface area contributed by atoms with Crippen LogP contribution in [0.5, 0.6) is 0 Å². The molecule has 0 saturated carbocycles. The van der Waals surface area contributed by atoms with E-state index in [1.807, 2.05) is 10.8 Å². The molecule has 0 bridgehead atoms. The smallest absolute Gasteiger partial charge is 0.147 e. The third-order valence-corrected chi connectivity index (χ3v) is 2.99. The summed E-state index contributed by atoms with van der Waals surface area (Å²) in [5.74, 6) is 0.836. The highest BCUT2D eigenvalue weighted by Crippen LogP contribution is 2.27. The summed E-state index contributed by atoms with van der Waals surface area (Å²) in [5, 5.41) is 3.96. The van der Waals surface area contributed by atoms with Crippen LogP contribution in [-0.4, -0.2) is 21.1 Å². The van der Waals surface area contributed by atoms with Crippen LogP contribution in [0, 0.1) is 0 Å². The third kappa shape index (κ3) is 3.27. The SMILES string of the molecule is Nc1nc(NCCCn2ccnc2)c(Cl)cc1Cl. The highest BCUT2D eigenvalue weighted by atomic mass is 35.5. The van der Waals surface area contributed by atoms with Gasteiger partial charge < -0.3 is 15.6 Å². The Bertz CT molecular complexity index is 512. The average Bonchev–Trinajstić information content (AvgIpc) is 2.84. The molecule has 0 unspecified atom stereocenters. The third-order valence-electron chi connectivity index (χ3n) is 2.40. The van der Waals surface area contributed by atoms with E-state index in [1.54, 1.807) is 18.6 Å². The van der Waals surface area contributed by atoms with Crippen LogP contribution in [0.2, 0.25) is 10.0 Å². The van der Waals surface area contributed by atoms with Crippen LogP contribution < -0.4 is 11.1 Å². The largest absolute Gasteiger partial charge is 0.382 e. The van der Waals surface area contributed by atoms with Gasteiger partial charge in [-0.25, -0.2) is 9.97 Å². The minimum Gasteiger partial charge on any atom is -0.382 e. The quantitative estimate of drug-likeness (QED) is 0.829. The molecular weight excluding hydrogens is 273 g/mol. The van der Waals surface area contributed by atoms with Crippen molar-refractivity contribution < 1.29 is 0 Å². The van der Waals surface area contributed by atoms with E-state index in [9.17, 15) is 0 Å². The number of anilines is 2. The van der Waals surface area contributed by atoms with E-state index in [4.69, 9.17) is 28.9 Å². The number of nitrogen functional groups attached to an aromatic ring is 1. The van der Waals surface area contributed by atoms with Gasteiger partial charge in [-0.1, -0.05) is 23.2 Å². The van der Waals surface area contributed by atoms with Gasteiger partial charge in [0.25, 0.3) is 0 Å². The summed E-state index contributed by atoms with van der Waals surface area (Å²) in [6.45, 7) is 1.62. The number of hydrogen-bond acceptors (Lipinski definition) is 4. The first kappa shape index (κ1) is 13.0. The van der Waals surface area contributed by atoms with Crippen LogP contribution >= 0.6 is 23.2 Å². The molecule has 2 aromatic heterocycles. The Morgan fingerprint density at radius 2 is 2.17 bits per heavy atom. The first-order valence-electron chi connectivity index (χ1n) is 5.48. The number of aryl methyl sites for hydroxylation is 1. The first-order valence-corrected chi connectivity index (χ1v) is 6.23. The summed E-state index contributed by atoms with van der Waals surface area (Å²) in [5.41, 5.74) is 5.62. The summed E-state index contributed by atoms with van der Waals surface area (Å²) in [4.78, 5) is 8.06. The summed E-state index contributed by atoms with van der Waals surface area (Å²) in [6.07, 6.45) is 6.39. The number of hydrogen-bond donors (Lipinski definition) is 2. The molecule has 2 aromatic rings. The molecule has 18 heavy (non-hydrogen) atoms. The highest BCUT2D eigenvalue weighted by molar-refractivity contribution is 6.37. The van der Waals surface area contributed by atoms with Crippen molar-refractivity contribution in [3.05, 3.63) is 34.8 Å². The Labute approximate surface area is 115 Å². The van der Waals surface area contributed by atoms with Gasteiger partial charge in [-0.2, -0.15) is 0 Å². The second kappa shape index (κ2) is 5.93. The van der Waals surface area contributed by atoms with Gasteiger partial charge in [0.1, 0.15) is 11.6 Å². The number of pyridine rings is 1. The molecule has 5 nitrogen and oxygen atoms in total. The summed E-state index contributed by atoms with van der Waals surface area (Å²) >= 11 is 11.8. The molecule has 0 amide bonds. The maximum atomic E-state index is 6.00. The maximum absolute atomic E-state index is 6.00. The Morgan fingerprint density at radius 3 is 2.89 bits per heavy atom. The van der Waals surface area contributed by atoms with Crippen molar-refractivity contribution in [1.29, 1.82) is 0 Å². The van der Waals surface area contributed by atoms with Gasteiger partial charge in [0.05, 0.1) is 16.4 Å². The van der Waals surface area contributed by atoms with Gasteiger partial charge in [0.15, 0.2) is 0 Å². The van der Waals surface area contributed by atoms with E-state index >= 15 is 0 Å². The molecule has 0 aliphatic heterocycles. The zero-order valence-electron chi connectivity index (χ0n) is 9.61. The van der Waals surface area contributed by atoms with Gasteiger partial charge >= 0.3 is 0 Å². The summed E-state index contributed by atoms with van der Waals surface area (Å²) < 4.78 is 2.01. The van der Waals surface area contributed by atoms with Gasteiger partial charge in [0, 0.05) is 25.5 Å². The predicted molar refractivity (Wildman–Crippen MR) is 74.0 cm³/mol. The van der Waals surface area contributed by atoms with Gasteiger partial charge in [0.2, 0.25) is 0 Å². The monoisotopic (exact) mass is 285 g/mol. The average molecular weight is 286 g/mol. The van der Waals surface area contributed by atoms with Crippen molar-refractivity contribution in [3.63, 3.8) is 0 Å². The summed E-state index contributed by atoms with van der Waals surface area (Å²) in [7, 11) is 0. The molecule has 0 fully saturated rings. The zero-order valence-corrected chi connectivity index (χ0v) is 11.1. The predicted octanol–water partition coefficient (Wildman–Crippen LogP) is 2.67. The molecule has 0 atom stereocenters. The zero-order chi connectivity index (χ0) is 13.0.